The van der Waals surface area contributed by atoms with E-state index in [-0.39, 0.29) is 30.5 Å². The summed E-state index contributed by atoms with van der Waals surface area (Å²) in [6.45, 7) is 8.06. The van der Waals surface area contributed by atoms with Crippen molar-refractivity contribution in [3.8, 4) is 5.75 Å². The van der Waals surface area contributed by atoms with Gasteiger partial charge in [0.25, 0.3) is 5.91 Å². The van der Waals surface area contributed by atoms with Crippen molar-refractivity contribution in [2.75, 3.05) is 31.6 Å². The second-order valence-electron chi connectivity index (χ2n) is 12.8. The van der Waals surface area contributed by atoms with Crippen molar-refractivity contribution in [3.63, 3.8) is 0 Å². The Morgan fingerprint density at radius 3 is 2.40 bits per heavy atom. The standard InChI is InChI=1S/C38H45N5O5S2/c1-26(2)23-43(50(46,47)31-16-17-32-35(22-31)49-38(42-32)40-20-18-30-15-8-9-19-39-30)24-34(44)33(21-29-13-6-5-7-14-29)41-36(45)25-48-37-27(3)11-10-12-28(37)4/h5-17,19,22,26,33-34,44H,18,20-21,23-25H2,1-4H3,(H,40,42)(H,41,45)/t33-,34+/m0/s1. The molecule has 0 aliphatic carbocycles. The number of aliphatic hydroxyl groups excluding tert-OH is 1. The van der Waals surface area contributed by atoms with Gasteiger partial charge in [0.15, 0.2) is 11.7 Å². The number of nitrogens with one attached hydrogen (secondary N) is 2. The topological polar surface area (TPSA) is 134 Å². The molecule has 0 unspecified atom stereocenters. The molecule has 0 fully saturated rings. The molecular weight excluding hydrogens is 671 g/mol. The van der Waals surface area contributed by atoms with Crippen LogP contribution in [0.5, 0.6) is 5.75 Å². The number of aromatic nitrogens is 2. The van der Waals surface area contributed by atoms with Crippen molar-refractivity contribution in [2.45, 2.75) is 57.6 Å². The largest absolute Gasteiger partial charge is 0.483 e. The van der Waals surface area contributed by atoms with Crippen molar-refractivity contribution < 1.29 is 23.1 Å². The smallest absolute Gasteiger partial charge is 0.258 e. The van der Waals surface area contributed by atoms with Crippen LogP contribution in [-0.4, -0.2) is 72.1 Å². The Morgan fingerprint density at radius 1 is 0.960 bits per heavy atom. The van der Waals surface area contributed by atoms with E-state index in [2.05, 4.69) is 20.6 Å². The number of para-hydroxylation sites is 1. The molecule has 0 spiro atoms. The molecule has 2 atom stereocenters. The maximum Gasteiger partial charge on any atom is 0.258 e. The number of sulfonamides is 1. The maximum atomic E-state index is 14.2. The quantitative estimate of drug-likeness (QED) is 0.110. The SMILES string of the molecule is Cc1cccc(C)c1OCC(=O)N[C@@H](Cc1ccccc1)[C@H](O)CN(CC(C)C)S(=O)(=O)c1ccc2nc(NCCc3ccccn3)sc2c1. The third kappa shape index (κ3) is 9.87. The molecule has 0 saturated heterocycles. The zero-order chi connectivity index (χ0) is 35.7. The van der Waals surface area contributed by atoms with Crippen molar-refractivity contribution in [2.24, 2.45) is 5.92 Å². The fourth-order valence-corrected chi connectivity index (χ4v) is 8.37. The van der Waals surface area contributed by atoms with Crippen LogP contribution in [0.4, 0.5) is 5.13 Å². The number of carbonyl (C=O) groups is 1. The number of rotatable bonds is 17. The Bertz CT molecular complexity index is 1950. The van der Waals surface area contributed by atoms with E-state index in [1.165, 1.54) is 15.6 Å². The second-order valence-corrected chi connectivity index (χ2v) is 15.8. The lowest BCUT2D eigenvalue weighted by molar-refractivity contribution is -0.124. The van der Waals surface area contributed by atoms with Crippen LogP contribution in [0.25, 0.3) is 10.2 Å². The number of nitrogens with zero attached hydrogens (tertiary/aromatic N) is 3. The van der Waals surface area contributed by atoms with Crippen molar-refractivity contribution in [1.29, 1.82) is 0 Å². The van der Waals surface area contributed by atoms with Gasteiger partial charge in [0.2, 0.25) is 10.0 Å². The Morgan fingerprint density at radius 2 is 1.70 bits per heavy atom. The van der Waals surface area contributed by atoms with Crippen LogP contribution in [0.1, 0.15) is 36.2 Å². The summed E-state index contributed by atoms with van der Waals surface area (Å²) in [5, 5.41) is 18.6. The minimum atomic E-state index is -4.03. The molecule has 2 aromatic heterocycles. The zero-order valence-electron chi connectivity index (χ0n) is 28.9. The monoisotopic (exact) mass is 715 g/mol. The van der Waals surface area contributed by atoms with E-state index in [9.17, 15) is 18.3 Å². The summed E-state index contributed by atoms with van der Waals surface area (Å²) in [6, 6.07) is 25.2. The number of hydrogen-bond donors (Lipinski definition) is 3. The molecule has 0 aliphatic heterocycles. The molecule has 2 heterocycles. The predicted octanol–water partition coefficient (Wildman–Crippen LogP) is 5.78. The molecule has 10 nitrogen and oxygen atoms in total. The van der Waals surface area contributed by atoms with E-state index in [1.54, 1.807) is 24.4 Å². The van der Waals surface area contributed by atoms with Crippen LogP contribution in [-0.2, 0) is 27.7 Å². The summed E-state index contributed by atoms with van der Waals surface area (Å²) in [7, 11) is -4.03. The highest BCUT2D eigenvalue weighted by atomic mass is 32.2. The highest BCUT2D eigenvalue weighted by Crippen LogP contribution is 2.30. The van der Waals surface area contributed by atoms with Gasteiger partial charge in [-0.3, -0.25) is 9.78 Å². The number of aryl methyl sites for hydroxylation is 2. The molecule has 3 N–H and O–H groups in total. The summed E-state index contributed by atoms with van der Waals surface area (Å²) in [6.07, 6.45) is 1.58. The number of fused-ring (bicyclic) bond motifs is 1. The van der Waals surface area contributed by atoms with E-state index in [1.807, 2.05) is 94.4 Å². The number of benzene rings is 3. The molecule has 3 aromatic carbocycles. The third-order valence-electron chi connectivity index (χ3n) is 8.21. The Balaban J connectivity index is 1.31. The Kier molecular flexibility index (Phi) is 12.6. The second kappa shape index (κ2) is 17.0. The molecule has 5 aromatic rings. The van der Waals surface area contributed by atoms with Gasteiger partial charge in [0.05, 0.1) is 27.3 Å². The molecular formula is C38H45N5O5S2. The van der Waals surface area contributed by atoms with Crippen LogP contribution in [0.3, 0.4) is 0 Å². The minimum Gasteiger partial charge on any atom is -0.483 e. The van der Waals surface area contributed by atoms with Crippen molar-refractivity contribution in [3.05, 3.63) is 114 Å². The average Bonchev–Trinajstić information content (AvgIpc) is 3.50. The lowest BCUT2D eigenvalue weighted by Gasteiger charge is -2.30. The normalized spacial score (nSPS) is 13.0. The molecule has 5 rings (SSSR count). The van der Waals surface area contributed by atoms with Crippen molar-refractivity contribution in [1.82, 2.24) is 19.6 Å². The van der Waals surface area contributed by atoms with E-state index in [4.69, 9.17) is 4.74 Å². The van der Waals surface area contributed by atoms with Gasteiger partial charge in [-0.25, -0.2) is 13.4 Å². The third-order valence-corrected chi connectivity index (χ3v) is 11.0. The van der Waals surface area contributed by atoms with Gasteiger partial charge >= 0.3 is 0 Å². The first kappa shape index (κ1) is 36.9. The maximum absolute atomic E-state index is 14.2. The molecule has 0 bridgehead atoms. The molecule has 0 aliphatic rings. The van der Waals surface area contributed by atoms with E-state index >= 15 is 0 Å². The first-order chi connectivity index (χ1) is 24.0. The first-order valence-electron chi connectivity index (χ1n) is 16.7. The van der Waals surface area contributed by atoms with Crippen LogP contribution in [0.15, 0.2) is 96.0 Å². The fraction of sp³-hybridized carbons (Fsp3) is 0.342. The van der Waals surface area contributed by atoms with E-state index in [0.717, 1.165) is 33.5 Å². The van der Waals surface area contributed by atoms with Crippen LogP contribution in [0.2, 0.25) is 0 Å². The molecule has 12 heteroatoms. The zero-order valence-corrected chi connectivity index (χ0v) is 30.5. The van der Waals surface area contributed by atoms with Crippen LogP contribution < -0.4 is 15.4 Å². The Labute approximate surface area is 298 Å². The summed E-state index contributed by atoms with van der Waals surface area (Å²) in [5.41, 5.74) is 4.39. The average molecular weight is 716 g/mol. The number of anilines is 1. The number of carbonyl (C=O) groups excluding carboxylic acids is 1. The Hall–Kier alpha value is -4.36. The summed E-state index contributed by atoms with van der Waals surface area (Å²) < 4.78 is 36.3. The van der Waals surface area contributed by atoms with Gasteiger partial charge in [-0.2, -0.15) is 4.31 Å². The van der Waals surface area contributed by atoms with Gasteiger partial charge in [0.1, 0.15) is 5.75 Å². The molecule has 1 amide bonds. The predicted molar refractivity (Wildman–Crippen MR) is 199 cm³/mol. The molecule has 50 heavy (non-hydrogen) atoms. The highest BCUT2D eigenvalue weighted by molar-refractivity contribution is 7.89. The van der Waals surface area contributed by atoms with Gasteiger partial charge in [-0.15, -0.1) is 0 Å². The summed E-state index contributed by atoms with van der Waals surface area (Å²) in [4.78, 5) is 22.3. The lowest BCUT2D eigenvalue weighted by Crippen LogP contribution is -2.52. The number of hydrogen-bond acceptors (Lipinski definition) is 9. The minimum absolute atomic E-state index is 0.0214. The molecule has 264 valence electrons. The number of pyridine rings is 1. The number of amides is 1. The number of thiazole rings is 1. The van der Waals surface area contributed by atoms with Gasteiger partial charge in [-0.05, 0) is 73.2 Å². The number of ether oxygens (including phenoxy) is 1. The van der Waals surface area contributed by atoms with Gasteiger partial charge in [-0.1, -0.05) is 79.8 Å². The van der Waals surface area contributed by atoms with Gasteiger partial charge in [0, 0.05) is 37.9 Å². The fourth-order valence-electron chi connectivity index (χ4n) is 5.71. The lowest BCUT2D eigenvalue weighted by atomic mass is 10.0. The van der Waals surface area contributed by atoms with Crippen LogP contribution >= 0.6 is 11.3 Å². The van der Waals surface area contributed by atoms with Gasteiger partial charge < -0.3 is 20.5 Å². The highest BCUT2D eigenvalue weighted by Gasteiger charge is 2.32. The van der Waals surface area contributed by atoms with Crippen molar-refractivity contribution >= 4 is 42.6 Å². The first-order valence-corrected chi connectivity index (χ1v) is 19.0. The molecule has 0 saturated carbocycles. The summed E-state index contributed by atoms with van der Waals surface area (Å²) in [5.74, 6) is 0.209. The van der Waals surface area contributed by atoms with Crippen LogP contribution in [0, 0.1) is 19.8 Å². The molecule has 0 radical (unpaired) electrons. The number of aliphatic hydroxyl groups is 1. The van der Waals surface area contributed by atoms with E-state index < -0.39 is 28.1 Å². The van der Waals surface area contributed by atoms with E-state index in [0.29, 0.717) is 29.4 Å². The summed E-state index contributed by atoms with van der Waals surface area (Å²) >= 11 is 1.39.